The molecule has 1 saturated heterocycles. The summed E-state index contributed by atoms with van der Waals surface area (Å²) in [6, 6.07) is 14.0. The topological polar surface area (TPSA) is 60.8 Å². The molecule has 2 aliphatic heterocycles. The molecular weight excluding hydrogens is 424 g/mol. The van der Waals surface area contributed by atoms with Gasteiger partial charge in [-0.05, 0) is 62.0 Å². The van der Waals surface area contributed by atoms with Gasteiger partial charge in [-0.15, -0.1) is 0 Å². The van der Waals surface area contributed by atoms with Crippen LogP contribution in [0.5, 0.6) is 11.5 Å². The van der Waals surface area contributed by atoms with E-state index in [-0.39, 0.29) is 18.9 Å². The molecule has 7 nitrogen and oxygen atoms in total. The number of nitrogens with one attached hydrogen (secondary N) is 1. The number of pyridine rings is 1. The first-order chi connectivity index (χ1) is 15.6. The predicted octanol–water partition coefficient (Wildman–Crippen LogP) is 4.05. The summed E-state index contributed by atoms with van der Waals surface area (Å²) in [6.45, 7) is 5.99. The van der Waals surface area contributed by atoms with E-state index in [1.54, 1.807) is 7.11 Å². The molecule has 8 heteroatoms. The zero-order valence-electron chi connectivity index (χ0n) is 18.4. The molecular formula is C24H26N4O3S. The number of benzene rings is 1. The maximum atomic E-state index is 5.85. The number of hydrogen-bond acceptors (Lipinski definition) is 5. The van der Waals surface area contributed by atoms with E-state index in [1.807, 2.05) is 42.6 Å². The number of nitrogens with zero attached hydrogens (tertiary/aromatic N) is 3. The van der Waals surface area contributed by atoms with Gasteiger partial charge in [-0.3, -0.25) is 4.98 Å². The summed E-state index contributed by atoms with van der Waals surface area (Å²) in [7, 11) is 1.73. The van der Waals surface area contributed by atoms with Gasteiger partial charge in [-0.25, -0.2) is 0 Å². The molecule has 0 aliphatic carbocycles. The molecule has 1 N–H and O–H groups in total. The molecule has 2 atom stereocenters. The molecule has 1 aromatic carbocycles. The second-order valence-corrected chi connectivity index (χ2v) is 8.39. The minimum atomic E-state index is -0.0921. The van der Waals surface area contributed by atoms with Crippen LogP contribution in [0.25, 0.3) is 0 Å². The highest BCUT2D eigenvalue weighted by Crippen LogP contribution is 2.45. The molecule has 0 unspecified atom stereocenters. The van der Waals surface area contributed by atoms with Crippen LogP contribution in [-0.4, -0.2) is 35.2 Å². The molecule has 2 aromatic heterocycles. The van der Waals surface area contributed by atoms with Gasteiger partial charge in [0.15, 0.2) is 16.6 Å². The maximum Gasteiger partial charge on any atom is 0.231 e. The van der Waals surface area contributed by atoms with Crippen molar-refractivity contribution in [1.29, 1.82) is 0 Å². The molecule has 0 radical (unpaired) electrons. The van der Waals surface area contributed by atoms with Crippen molar-refractivity contribution in [2.45, 2.75) is 32.5 Å². The van der Waals surface area contributed by atoms with Crippen LogP contribution >= 0.6 is 12.2 Å². The third kappa shape index (κ3) is 3.49. The van der Waals surface area contributed by atoms with Crippen molar-refractivity contribution in [3.05, 3.63) is 71.3 Å². The first-order valence-corrected chi connectivity index (χ1v) is 11.0. The van der Waals surface area contributed by atoms with Crippen molar-refractivity contribution in [3.63, 3.8) is 0 Å². The molecule has 166 valence electrons. The number of aromatic nitrogens is 2. The average molecular weight is 451 g/mol. The lowest BCUT2D eigenvalue weighted by molar-refractivity contribution is 0.174. The Hall–Kier alpha value is -3.10. The zero-order chi connectivity index (χ0) is 22.2. The van der Waals surface area contributed by atoms with Crippen LogP contribution < -0.4 is 19.7 Å². The number of aryl methyl sites for hydroxylation is 1. The Morgan fingerprint density at radius 3 is 2.78 bits per heavy atom. The highest BCUT2D eigenvalue weighted by Gasteiger charge is 2.42. The van der Waals surface area contributed by atoms with E-state index in [1.165, 1.54) is 17.0 Å². The Morgan fingerprint density at radius 2 is 2.00 bits per heavy atom. The lowest BCUT2D eigenvalue weighted by Crippen LogP contribution is -2.29. The van der Waals surface area contributed by atoms with Crippen LogP contribution in [0.4, 0.5) is 5.69 Å². The number of hydrogen-bond donors (Lipinski definition) is 1. The molecule has 32 heavy (non-hydrogen) atoms. The second-order valence-electron chi connectivity index (χ2n) is 8.01. The van der Waals surface area contributed by atoms with Crippen molar-refractivity contribution in [2.75, 3.05) is 25.4 Å². The summed E-state index contributed by atoms with van der Waals surface area (Å²) >= 11 is 5.85. The minimum absolute atomic E-state index is 0.0692. The molecule has 2 aliphatic rings. The summed E-state index contributed by atoms with van der Waals surface area (Å²) < 4.78 is 18.8. The van der Waals surface area contributed by atoms with Crippen molar-refractivity contribution in [1.82, 2.24) is 14.9 Å². The minimum Gasteiger partial charge on any atom is -0.454 e. The van der Waals surface area contributed by atoms with Crippen molar-refractivity contribution in [2.24, 2.45) is 0 Å². The maximum absolute atomic E-state index is 5.85. The lowest BCUT2D eigenvalue weighted by atomic mass is 9.96. The van der Waals surface area contributed by atoms with Crippen LogP contribution in [0.3, 0.4) is 0 Å². The predicted molar refractivity (Wildman–Crippen MR) is 126 cm³/mol. The fourth-order valence-electron chi connectivity index (χ4n) is 4.64. The average Bonchev–Trinajstić information content (AvgIpc) is 3.48. The Balaban J connectivity index is 1.62. The van der Waals surface area contributed by atoms with Crippen LogP contribution in [0, 0.1) is 13.8 Å². The fraction of sp³-hybridized carbons (Fsp3) is 0.333. The van der Waals surface area contributed by atoms with E-state index in [0.29, 0.717) is 11.7 Å². The van der Waals surface area contributed by atoms with Gasteiger partial charge >= 0.3 is 0 Å². The standard InChI is InChI=1S/C24H26N4O3S/c1-15-12-18(16(2)27(15)10-11-29-3)23-22(19-6-4-5-9-25-19)26-24(32)28(23)17-7-8-20-21(13-17)31-14-30-20/h4-9,12-13,22-23H,10-11,14H2,1-3H3,(H,26,32)/t22-,23-/m1/s1. The van der Waals surface area contributed by atoms with Crippen molar-refractivity contribution in [3.8, 4) is 11.5 Å². The molecule has 0 amide bonds. The summed E-state index contributed by atoms with van der Waals surface area (Å²) in [5, 5.41) is 4.18. The number of anilines is 1. The van der Waals surface area contributed by atoms with Crippen LogP contribution in [0.1, 0.15) is 34.7 Å². The van der Waals surface area contributed by atoms with Gasteiger partial charge in [0.05, 0.1) is 24.4 Å². The summed E-state index contributed by atoms with van der Waals surface area (Å²) in [5.41, 5.74) is 5.50. The SMILES string of the molecule is COCCn1c(C)cc([C@@H]2[C@@H](c3ccccn3)NC(=S)N2c2ccc3c(c2)OCO3)c1C. The van der Waals surface area contributed by atoms with Crippen molar-refractivity contribution < 1.29 is 14.2 Å². The summed E-state index contributed by atoms with van der Waals surface area (Å²) in [5.74, 6) is 1.48. The Kier molecular flexibility index (Phi) is 5.48. The zero-order valence-corrected chi connectivity index (χ0v) is 19.2. The Morgan fingerprint density at radius 1 is 1.16 bits per heavy atom. The fourth-order valence-corrected chi connectivity index (χ4v) is 4.98. The molecule has 3 aromatic rings. The van der Waals surface area contributed by atoms with E-state index in [4.69, 9.17) is 26.4 Å². The molecule has 5 rings (SSSR count). The van der Waals surface area contributed by atoms with Gasteiger partial charge in [-0.1, -0.05) is 6.07 Å². The van der Waals surface area contributed by atoms with Gasteiger partial charge < -0.3 is 29.0 Å². The highest BCUT2D eigenvalue weighted by molar-refractivity contribution is 7.80. The third-order valence-corrected chi connectivity index (χ3v) is 6.50. The van der Waals surface area contributed by atoms with Gasteiger partial charge in [-0.2, -0.15) is 0 Å². The first kappa shape index (κ1) is 20.8. The summed E-state index contributed by atoms with van der Waals surface area (Å²) in [6.07, 6.45) is 1.82. The van der Waals surface area contributed by atoms with E-state index in [9.17, 15) is 0 Å². The molecule has 0 bridgehead atoms. The third-order valence-electron chi connectivity index (χ3n) is 6.18. The van der Waals surface area contributed by atoms with Crippen molar-refractivity contribution >= 4 is 23.0 Å². The van der Waals surface area contributed by atoms with E-state index in [0.717, 1.165) is 29.4 Å². The number of fused-ring (bicyclic) bond motifs is 1. The monoisotopic (exact) mass is 450 g/mol. The van der Waals surface area contributed by atoms with Gasteiger partial charge in [0.2, 0.25) is 6.79 Å². The number of ether oxygens (including phenoxy) is 3. The number of rotatable bonds is 6. The van der Waals surface area contributed by atoms with E-state index < -0.39 is 0 Å². The lowest BCUT2D eigenvalue weighted by Gasteiger charge is -2.28. The highest BCUT2D eigenvalue weighted by atomic mass is 32.1. The largest absolute Gasteiger partial charge is 0.454 e. The second kappa shape index (κ2) is 8.44. The Labute approximate surface area is 192 Å². The number of methoxy groups -OCH3 is 1. The van der Waals surface area contributed by atoms with Crippen LogP contribution in [0.15, 0.2) is 48.7 Å². The van der Waals surface area contributed by atoms with Gasteiger partial charge in [0, 0.05) is 43.0 Å². The van der Waals surface area contributed by atoms with Crippen LogP contribution in [0.2, 0.25) is 0 Å². The molecule has 0 saturated carbocycles. The normalized spacial score (nSPS) is 19.5. The smallest absolute Gasteiger partial charge is 0.231 e. The van der Waals surface area contributed by atoms with E-state index in [2.05, 4.69) is 39.7 Å². The molecule has 4 heterocycles. The first-order valence-electron chi connectivity index (χ1n) is 10.6. The molecule has 0 spiro atoms. The van der Waals surface area contributed by atoms with Gasteiger partial charge in [0.25, 0.3) is 0 Å². The van der Waals surface area contributed by atoms with E-state index >= 15 is 0 Å². The summed E-state index contributed by atoms with van der Waals surface area (Å²) in [4.78, 5) is 6.81. The molecule has 1 fully saturated rings. The van der Waals surface area contributed by atoms with Crippen LogP contribution in [-0.2, 0) is 11.3 Å². The quantitative estimate of drug-likeness (QED) is 0.569. The Bertz CT molecular complexity index is 1150. The number of thiocarbonyl (C=S) groups is 1. The van der Waals surface area contributed by atoms with Gasteiger partial charge in [0.1, 0.15) is 0 Å².